The number of halogens is 1. The molecule has 0 bridgehead atoms. The summed E-state index contributed by atoms with van der Waals surface area (Å²) in [5.74, 6) is -1.00. The lowest BCUT2D eigenvalue weighted by Crippen LogP contribution is -2.42. The Morgan fingerprint density at radius 1 is 1.58 bits per heavy atom. The van der Waals surface area contributed by atoms with Crippen LogP contribution < -0.4 is 8.85 Å². The van der Waals surface area contributed by atoms with E-state index in [9.17, 15) is 9.59 Å². The first-order valence-corrected chi connectivity index (χ1v) is 4.21. The van der Waals surface area contributed by atoms with Crippen LogP contribution in [-0.2, 0) is 9.59 Å². The van der Waals surface area contributed by atoms with E-state index in [-0.39, 0.29) is 18.0 Å². The average Bonchev–Trinajstić information content (AvgIpc) is 2.00. The Morgan fingerprint density at radius 3 is 2.83 bits per heavy atom. The van der Waals surface area contributed by atoms with Crippen LogP contribution in [0.1, 0.15) is 6.42 Å². The molecule has 12 heavy (non-hydrogen) atoms. The molecule has 2 amide bonds. The van der Waals surface area contributed by atoms with E-state index in [1.807, 2.05) is 28.2 Å². The lowest BCUT2D eigenvalue weighted by molar-refractivity contribution is -0.127. The van der Waals surface area contributed by atoms with Gasteiger partial charge in [0.15, 0.2) is 0 Å². The third-order valence-electron chi connectivity index (χ3n) is 1.38. The minimum Gasteiger partial charge on any atom is -0.335 e. The van der Waals surface area contributed by atoms with Gasteiger partial charge in [-0.2, -0.15) is 0 Å². The number of rotatable bonds is 1. The SMILES string of the molecule is N=C1C(=O)NC(=O)C/C1=C/NI. The second kappa shape index (κ2) is 3.65. The first-order valence-electron chi connectivity index (χ1n) is 3.13. The zero-order valence-electron chi connectivity index (χ0n) is 5.98. The van der Waals surface area contributed by atoms with Gasteiger partial charge in [0, 0.05) is 11.8 Å². The smallest absolute Gasteiger partial charge is 0.276 e. The molecule has 0 atom stereocenters. The number of hydrogen-bond donors (Lipinski definition) is 3. The number of hydrogen-bond acceptors (Lipinski definition) is 4. The maximum atomic E-state index is 10.9. The molecule has 6 heteroatoms. The van der Waals surface area contributed by atoms with Gasteiger partial charge in [-0.05, 0) is 0 Å². The van der Waals surface area contributed by atoms with Crippen LogP contribution in [0.25, 0.3) is 0 Å². The van der Waals surface area contributed by atoms with E-state index >= 15 is 0 Å². The number of carbonyl (C=O) groups excluding carboxylic acids is 2. The van der Waals surface area contributed by atoms with Crippen LogP contribution in [0.5, 0.6) is 0 Å². The van der Waals surface area contributed by atoms with Gasteiger partial charge in [0.2, 0.25) is 5.91 Å². The van der Waals surface area contributed by atoms with Crippen molar-refractivity contribution in [2.24, 2.45) is 0 Å². The largest absolute Gasteiger partial charge is 0.335 e. The Labute approximate surface area is 82.6 Å². The summed E-state index contributed by atoms with van der Waals surface area (Å²) in [5, 5.41) is 9.31. The van der Waals surface area contributed by atoms with Crippen LogP contribution in [0.2, 0.25) is 0 Å². The molecule has 1 heterocycles. The molecule has 1 rings (SSSR count). The summed E-state index contributed by atoms with van der Waals surface area (Å²) in [6.07, 6.45) is 1.56. The molecule has 1 saturated heterocycles. The van der Waals surface area contributed by atoms with Crippen LogP contribution in [0, 0.1) is 5.41 Å². The number of imide groups is 1. The number of amides is 2. The second-order valence-corrected chi connectivity index (χ2v) is 2.83. The summed E-state index contributed by atoms with van der Waals surface area (Å²) in [7, 11) is 0. The van der Waals surface area contributed by atoms with Crippen LogP contribution in [0.15, 0.2) is 11.8 Å². The molecule has 0 saturated carbocycles. The zero-order valence-corrected chi connectivity index (χ0v) is 8.14. The van der Waals surface area contributed by atoms with Crippen molar-refractivity contribution in [1.82, 2.24) is 8.85 Å². The zero-order chi connectivity index (χ0) is 9.14. The molecule has 0 aromatic carbocycles. The van der Waals surface area contributed by atoms with Gasteiger partial charge in [-0.25, -0.2) is 0 Å². The Kier molecular flexibility index (Phi) is 2.79. The molecule has 1 fully saturated rings. The average molecular weight is 279 g/mol. The molecule has 1 aliphatic heterocycles. The standard InChI is InChI=1S/C6H6IN3O2/c7-9-2-3-1-4(11)10-6(12)5(3)8/h2,8-9H,1H2,(H,10,11,12)/b3-2-,8-5?. The van der Waals surface area contributed by atoms with Crippen LogP contribution in [-0.4, -0.2) is 17.5 Å². The van der Waals surface area contributed by atoms with Crippen molar-refractivity contribution in [1.29, 1.82) is 5.41 Å². The van der Waals surface area contributed by atoms with E-state index in [4.69, 9.17) is 5.41 Å². The molecule has 0 unspecified atom stereocenters. The van der Waals surface area contributed by atoms with E-state index in [0.29, 0.717) is 5.57 Å². The van der Waals surface area contributed by atoms with E-state index < -0.39 is 5.91 Å². The first kappa shape index (κ1) is 9.17. The monoisotopic (exact) mass is 279 g/mol. The Balaban J connectivity index is 2.87. The molecule has 5 nitrogen and oxygen atoms in total. The predicted octanol–water partition coefficient (Wildman–Crippen LogP) is -0.124. The number of piperidine rings is 1. The van der Waals surface area contributed by atoms with Crippen molar-refractivity contribution >= 4 is 40.4 Å². The number of carbonyl (C=O) groups is 2. The quantitative estimate of drug-likeness (QED) is 0.355. The van der Waals surface area contributed by atoms with Crippen molar-refractivity contribution in [2.75, 3.05) is 0 Å². The van der Waals surface area contributed by atoms with E-state index in [2.05, 4.69) is 3.53 Å². The van der Waals surface area contributed by atoms with Crippen LogP contribution in [0.3, 0.4) is 0 Å². The van der Waals surface area contributed by atoms with Gasteiger partial charge in [0.05, 0.1) is 29.3 Å². The summed E-state index contributed by atoms with van der Waals surface area (Å²) in [4.78, 5) is 21.7. The van der Waals surface area contributed by atoms with Crippen molar-refractivity contribution in [2.45, 2.75) is 6.42 Å². The molecule has 64 valence electrons. The molecule has 0 spiro atoms. The van der Waals surface area contributed by atoms with Crippen molar-refractivity contribution in [3.05, 3.63) is 11.8 Å². The Hall–Kier alpha value is -0.920. The maximum absolute atomic E-state index is 10.9. The maximum Gasteiger partial charge on any atom is 0.276 e. The lowest BCUT2D eigenvalue weighted by Gasteiger charge is -2.13. The van der Waals surface area contributed by atoms with E-state index in [1.165, 1.54) is 6.20 Å². The molecule has 0 aromatic rings. The minimum atomic E-state index is -0.635. The van der Waals surface area contributed by atoms with Gasteiger partial charge < -0.3 is 3.53 Å². The summed E-state index contributed by atoms with van der Waals surface area (Å²) in [6.45, 7) is 0. The van der Waals surface area contributed by atoms with Gasteiger partial charge >= 0.3 is 0 Å². The fourth-order valence-corrected chi connectivity index (χ4v) is 1.21. The highest BCUT2D eigenvalue weighted by Crippen LogP contribution is 2.07. The normalized spacial score (nSPS) is 21.1. The third-order valence-corrected chi connectivity index (χ3v) is 1.69. The van der Waals surface area contributed by atoms with E-state index in [1.54, 1.807) is 0 Å². The van der Waals surface area contributed by atoms with Gasteiger partial charge in [0.1, 0.15) is 5.71 Å². The van der Waals surface area contributed by atoms with Gasteiger partial charge in [0.25, 0.3) is 5.91 Å². The number of nitrogens with one attached hydrogen (secondary N) is 3. The van der Waals surface area contributed by atoms with Crippen molar-refractivity contribution < 1.29 is 9.59 Å². The predicted molar refractivity (Wildman–Crippen MR) is 50.7 cm³/mol. The molecule has 0 radical (unpaired) electrons. The summed E-state index contributed by atoms with van der Waals surface area (Å²) in [5.41, 5.74) is 0.261. The van der Waals surface area contributed by atoms with Crippen molar-refractivity contribution in [3.63, 3.8) is 0 Å². The topological polar surface area (TPSA) is 82.1 Å². The van der Waals surface area contributed by atoms with Gasteiger partial charge in [-0.1, -0.05) is 0 Å². The molecule has 0 aromatic heterocycles. The Morgan fingerprint density at radius 2 is 2.25 bits per heavy atom. The summed E-state index contributed by atoms with van der Waals surface area (Å²) < 4.78 is 2.64. The van der Waals surface area contributed by atoms with Gasteiger partial charge in [-0.15, -0.1) is 0 Å². The molecule has 0 aliphatic carbocycles. The van der Waals surface area contributed by atoms with Crippen LogP contribution >= 0.6 is 22.9 Å². The fraction of sp³-hybridized carbons (Fsp3) is 0.167. The molecular formula is C6H6IN3O2. The molecule has 3 N–H and O–H groups in total. The molecule has 1 aliphatic rings. The highest BCUT2D eigenvalue weighted by molar-refractivity contribution is 14.1. The molecular weight excluding hydrogens is 273 g/mol. The summed E-state index contributed by atoms with van der Waals surface area (Å²) >= 11 is 1.85. The lowest BCUT2D eigenvalue weighted by atomic mass is 10.0. The van der Waals surface area contributed by atoms with Crippen LogP contribution in [0.4, 0.5) is 0 Å². The minimum absolute atomic E-state index is 0.0839. The fourth-order valence-electron chi connectivity index (χ4n) is 0.830. The van der Waals surface area contributed by atoms with E-state index in [0.717, 1.165) is 0 Å². The third kappa shape index (κ3) is 1.81. The van der Waals surface area contributed by atoms with Crippen molar-refractivity contribution in [3.8, 4) is 0 Å². The summed E-state index contributed by atoms with van der Waals surface area (Å²) in [6, 6.07) is 0. The first-order chi connectivity index (χ1) is 5.65. The Bertz CT molecular complexity index is 285. The highest BCUT2D eigenvalue weighted by atomic mass is 127. The highest BCUT2D eigenvalue weighted by Gasteiger charge is 2.24. The second-order valence-electron chi connectivity index (χ2n) is 2.21. The van der Waals surface area contributed by atoms with Gasteiger partial charge in [-0.3, -0.25) is 20.3 Å².